The summed E-state index contributed by atoms with van der Waals surface area (Å²) in [5.74, 6) is 0.400. The van der Waals surface area contributed by atoms with Crippen molar-refractivity contribution < 1.29 is 27.8 Å². The van der Waals surface area contributed by atoms with Crippen molar-refractivity contribution in [3.63, 3.8) is 0 Å². The van der Waals surface area contributed by atoms with Crippen molar-refractivity contribution in [3.05, 3.63) is 17.7 Å². The van der Waals surface area contributed by atoms with Gasteiger partial charge in [-0.1, -0.05) is 12.8 Å². The van der Waals surface area contributed by atoms with Crippen LogP contribution in [0, 0.1) is 5.92 Å². The van der Waals surface area contributed by atoms with E-state index in [-0.39, 0.29) is 30.9 Å². The van der Waals surface area contributed by atoms with E-state index in [4.69, 9.17) is 15.2 Å². The molecule has 1 amide bonds. The van der Waals surface area contributed by atoms with Crippen molar-refractivity contribution in [2.45, 2.75) is 51.3 Å². The highest BCUT2D eigenvalue weighted by Gasteiger charge is 2.39. The van der Waals surface area contributed by atoms with Crippen LogP contribution in [-0.2, 0) is 11.3 Å². The number of nitrogens with zero attached hydrogens (tertiary/aromatic N) is 1. The molecule has 1 heterocycles. The largest absolute Gasteiger partial charge is 0.454 e. The van der Waals surface area contributed by atoms with Crippen molar-refractivity contribution in [2.24, 2.45) is 11.7 Å². The summed E-state index contributed by atoms with van der Waals surface area (Å²) < 4.78 is 40.6. The Morgan fingerprint density at radius 3 is 2.73 bits per heavy atom. The molecule has 1 aliphatic heterocycles. The van der Waals surface area contributed by atoms with Crippen LogP contribution in [0.3, 0.4) is 0 Å². The lowest BCUT2D eigenvalue weighted by molar-refractivity contribution is -0.138. The number of nitrogens with two attached hydrogens (primary N) is 1. The van der Waals surface area contributed by atoms with Gasteiger partial charge in [-0.2, -0.15) is 8.78 Å². The molecule has 0 radical (unpaired) electrons. The third-order valence-electron chi connectivity index (χ3n) is 5.11. The number of amides is 1. The fourth-order valence-corrected chi connectivity index (χ4v) is 3.66. The molecule has 1 aromatic carbocycles. The molecule has 0 aromatic heterocycles. The number of alkyl halides is 2. The van der Waals surface area contributed by atoms with Gasteiger partial charge in [-0.15, -0.1) is 0 Å². The highest BCUT2D eigenvalue weighted by molar-refractivity contribution is 5.80. The Morgan fingerprint density at radius 1 is 1.38 bits per heavy atom. The van der Waals surface area contributed by atoms with Crippen LogP contribution in [0.2, 0.25) is 0 Å². The fourth-order valence-electron chi connectivity index (χ4n) is 3.66. The lowest BCUT2D eigenvalue weighted by Crippen LogP contribution is -2.53. The summed E-state index contributed by atoms with van der Waals surface area (Å²) >= 11 is 0. The third-order valence-corrected chi connectivity index (χ3v) is 5.11. The maximum atomic E-state index is 12.9. The van der Waals surface area contributed by atoms with E-state index in [9.17, 15) is 13.6 Å². The Kier molecular flexibility index (Phi) is 5.22. The Hall–Kier alpha value is -2.09. The Balaban J connectivity index is 1.80. The Morgan fingerprint density at radius 2 is 2.08 bits per heavy atom. The van der Waals surface area contributed by atoms with Crippen LogP contribution < -0.4 is 19.9 Å². The van der Waals surface area contributed by atoms with Crippen molar-refractivity contribution in [1.29, 1.82) is 0 Å². The zero-order valence-corrected chi connectivity index (χ0v) is 15.0. The van der Waals surface area contributed by atoms with E-state index in [2.05, 4.69) is 4.74 Å². The number of hydrogen-bond acceptors (Lipinski definition) is 5. The average molecular weight is 370 g/mol. The molecule has 1 aliphatic carbocycles. The molecule has 0 spiro atoms. The number of rotatable bonds is 5. The molecular formula is C18H24F2N2O4. The second-order valence-corrected chi connectivity index (χ2v) is 7.19. The molecule has 144 valence electrons. The van der Waals surface area contributed by atoms with E-state index >= 15 is 0 Å². The molecule has 1 fully saturated rings. The lowest BCUT2D eigenvalue weighted by atomic mass is 9.74. The first-order valence-corrected chi connectivity index (χ1v) is 8.69. The van der Waals surface area contributed by atoms with Crippen LogP contribution in [0.15, 0.2) is 12.1 Å². The first-order valence-electron chi connectivity index (χ1n) is 8.69. The summed E-state index contributed by atoms with van der Waals surface area (Å²) in [7, 11) is 1.64. The molecule has 2 unspecified atom stereocenters. The van der Waals surface area contributed by atoms with Gasteiger partial charge in [-0.25, -0.2) is 0 Å². The molecule has 2 atom stereocenters. The first kappa shape index (κ1) is 18.7. The zero-order chi connectivity index (χ0) is 18.9. The molecule has 2 aliphatic rings. The van der Waals surface area contributed by atoms with Crippen LogP contribution in [0.25, 0.3) is 0 Å². The predicted molar refractivity (Wildman–Crippen MR) is 90.2 cm³/mol. The van der Waals surface area contributed by atoms with E-state index in [0.717, 1.165) is 25.7 Å². The van der Waals surface area contributed by atoms with Crippen LogP contribution in [0.4, 0.5) is 8.78 Å². The molecule has 3 rings (SSSR count). The number of hydrogen-bond donors (Lipinski definition) is 1. The maximum Gasteiger partial charge on any atom is 0.387 e. The van der Waals surface area contributed by atoms with Crippen LogP contribution in [0.5, 0.6) is 17.2 Å². The number of fused-ring (bicyclic) bond motifs is 1. The first-order chi connectivity index (χ1) is 12.3. The second-order valence-electron chi connectivity index (χ2n) is 7.19. The van der Waals surface area contributed by atoms with Crippen molar-refractivity contribution in [2.75, 3.05) is 13.8 Å². The van der Waals surface area contributed by atoms with Gasteiger partial charge >= 0.3 is 6.61 Å². The summed E-state index contributed by atoms with van der Waals surface area (Å²) in [5, 5.41) is 0. The van der Waals surface area contributed by atoms with Gasteiger partial charge < -0.3 is 24.8 Å². The minimum absolute atomic E-state index is 0.0231. The van der Waals surface area contributed by atoms with Gasteiger partial charge in [0.25, 0.3) is 0 Å². The summed E-state index contributed by atoms with van der Waals surface area (Å²) in [5.41, 5.74) is 6.19. The summed E-state index contributed by atoms with van der Waals surface area (Å²) in [4.78, 5) is 14.4. The SMILES string of the molecule is CN(Cc1cc2c(cc1OC(F)F)OCO2)C(=O)C1CCCCC1(C)N. The van der Waals surface area contributed by atoms with Crippen molar-refractivity contribution in [3.8, 4) is 17.2 Å². The monoisotopic (exact) mass is 370 g/mol. The fraction of sp³-hybridized carbons (Fsp3) is 0.611. The van der Waals surface area contributed by atoms with Crippen molar-refractivity contribution >= 4 is 5.91 Å². The molecule has 2 N–H and O–H groups in total. The van der Waals surface area contributed by atoms with E-state index in [1.165, 1.54) is 11.0 Å². The van der Waals surface area contributed by atoms with Gasteiger partial charge in [0.2, 0.25) is 12.7 Å². The number of benzene rings is 1. The number of carbonyl (C=O) groups is 1. The average Bonchev–Trinajstić information content (AvgIpc) is 3.00. The van der Waals surface area contributed by atoms with Gasteiger partial charge in [0, 0.05) is 30.8 Å². The van der Waals surface area contributed by atoms with E-state index in [1.807, 2.05) is 6.92 Å². The Bertz CT molecular complexity index is 681. The normalized spacial score (nSPS) is 24.6. The van der Waals surface area contributed by atoms with E-state index < -0.39 is 12.2 Å². The highest BCUT2D eigenvalue weighted by atomic mass is 19.3. The summed E-state index contributed by atoms with van der Waals surface area (Å²) in [6, 6.07) is 2.95. The van der Waals surface area contributed by atoms with Gasteiger partial charge in [0.1, 0.15) is 5.75 Å². The number of carbonyl (C=O) groups excluding carboxylic acids is 1. The molecule has 8 heteroatoms. The van der Waals surface area contributed by atoms with Crippen LogP contribution in [0.1, 0.15) is 38.2 Å². The topological polar surface area (TPSA) is 74.0 Å². The van der Waals surface area contributed by atoms with Gasteiger partial charge in [-0.3, -0.25) is 4.79 Å². The molecule has 6 nitrogen and oxygen atoms in total. The summed E-state index contributed by atoms with van der Waals surface area (Å²) in [6.45, 7) is -0.936. The molecule has 0 bridgehead atoms. The quantitative estimate of drug-likeness (QED) is 0.863. The minimum atomic E-state index is -2.97. The molecular weight excluding hydrogens is 346 g/mol. The van der Waals surface area contributed by atoms with Gasteiger partial charge in [-0.05, 0) is 25.8 Å². The summed E-state index contributed by atoms with van der Waals surface area (Å²) in [6.07, 6.45) is 3.49. The zero-order valence-electron chi connectivity index (χ0n) is 15.0. The van der Waals surface area contributed by atoms with Crippen LogP contribution >= 0.6 is 0 Å². The van der Waals surface area contributed by atoms with E-state index in [1.54, 1.807) is 13.1 Å². The lowest BCUT2D eigenvalue weighted by Gasteiger charge is -2.39. The molecule has 0 saturated heterocycles. The van der Waals surface area contributed by atoms with E-state index in [0.29, 0.717) is 17.1 Å². The van der Waals surface area contributed by atoms with Gasteiger partial charge in [0.05, 0.1) is 5.92 Å². The standard InChI is InChI=1S/C18H24F2N2O4/c1-18(21)6-4-3-5-12(18)16(23)22(2)9-11-7-14-15(25-10-24-14)8-13(11)26-17(19)20/h7-8,12,17H,3-6,9-10,21H2,1-2H3. The Labute approximate surface area is 151 Å². The third kappa shape index (κ3) is 3.85. The van der Waals surface area contributed by atoms with Gasteiger partial charge in [0.15, 0.2) is 11.5 Å². The predicted octanol–water partition coefficient (Wildman–Crippen LogP) is 2.88. The van der Waals surface area contributed by atoms with Crippen molar-refractivity contribution in [1.82, 2.24) is 4.90 Å². The maximum absolute atomic E-state index is 12.9. The van der Waals surface area contributed by atoms with Crippen LogP contribution in [-0.4, -0.2) is 36.8 Å². The molecule has 26 heavy (non-hydrogen) atoms. The molecule has 1 aromatic rings. The molecule has 1 saturated carbocycles. The smallest absolute Gasteiger partial charge is 0.387 e. The highest BCUT2D eigenvalue weighted by Crippen LogP contribution is 2.39. The number of ether oxygens (including phenoxy) is 3. The minimum Gasteiger partial charge on any atom is -0.454 e. The second kappa shape index (κ2) is 7.26. The number of halogens is 2.